The zero-order valence-corrected chi connectivity index (χ0v) is 18.0. The maximum atomic E-state index is 13.0. The molecule has 3 heterocycles. The summed E-state index contributed by atoms with van der Waals surface area (Å²) in [5.74, 6) is -0.180. The van der Waals surface area contributed by atoms with Gasteiger partial charge in [0.25, 0.3) is 5.91 Å². The Morgan fingerprint density at radius 1 is 1.06 bits per heavy atom. The van der Waals surface area contributed by atoms with Gasteiger partial charge in [0.2, 0.25) is 0 Å². The molecule has 6 nitrogen and oxygen atoms in total. The third-order valence-corrected chi connectivity index (χ3v) is 6.14. The number of carbonyl (C=O) groups excluding carboxylic acids is 1. The van der Waals surface area contributed by atoms with Gasteiger partial charge in [-0.15, -0.1) is 0 Å². The highest BCUT2D eigenvalue weighted by molar-refractivity contribution is 7.10. The highest BCUT2D eigenvalue weighted by atomic mass is 32.1. The van der Waals surface area contributed by atoms with Crippen LogP contribution in [-0.4, -0.2) is 41.6 Å². The molecule has 1 fully saturated rings. The fourth-order valence-corrected chi connectivity index (χ4v) is 4.43. The van der Waals surface area contributed by atoms with E-state index in [-0.39, 0.29) is 5.91 Å². The number of nitrogens with zero attached hydrogens (tertiary/aromatic N) is 3. The van der Waals surface area contributed by atoms with Crippen LogP contribution in [0.3, 0.4) is 0 Å². The lowest BCUT2D eigenvalue weighted by atomic mass is 10.1. The SMILES string of the molecule is Cc1cc(NC(=O)c2cccc3ccc(-c4cccc(N5CCOCC5)c4)nc23)sn1. The van der Waals surface area contributed by atoms with Crippen LogP contribution in [-0.2, 0) is 4.74 Å². The summed E-state index contributed by atoms with van der Waals surface area (Å²) in [4.78, 5) is 20.2. The first kappa shape index (κ1) is 19.7. The van der Waals surface area contributed by atoms with E-state index in [0.29, 0.717) is 11.1 Å². The van der Waals surface area contributed by atoms with E-state index in [4.69, 9.17) is 9.72 Å². The number of morpholine rings is 1. The van der Waals surface area contributed by atoms with Crippen molar-refractivity contribution in [3.8, 4) is 11.3 Å². The average Bonchev–Trinajstić information content (AvgIpc) is 3.23. The van der Waals surface area contributed by atoms with E-state index >= 15 is 0 Å². The molecule has 0 aliphatic carbocycles. The second-order valence-electron chi connectivity index (χ2n) is 7.51. The zero-order valence-electron chi connectivity index (χ0n) is 17.2. The molecular formula is C24H22N4O2S. The minimum Gasteiger partial charge on any atom is -0.378 e. The molecule has 2 aromatic heterocycles. The van der Waals surface area contributed by atoms with Gasteiger partial charge in [0.1, 0.15) is 5.00 Å². The molecule has 0 bridgehead atoms. The number of hydrogen-bond acceptors (Lipinski definition) is 6. The van der Waals surface area contributed by atoms with Crippen molar-refractivity contribution >= 4 is 39.0 Å². The molecule has 7 heteroatoms. The van der Waals surface area contributed by atoms with E-state index in [0.717, 1.165) is 59.3 Å². The lowest BCUT2D eigenvalue weighted by Crippen LogP contribution is -2.36. The maximum absolute atomic E-state index is 13.0. The van der Waals surface area contributed by atoms with Gasteiger partial charge in [-0.25, -0.2) is 4.98 Å². The Morgan fingerprint density at radius 2 is 1.90 bits per heavy atom. The lowest BCUT2D eigenvalue weighted by Gasteiger charge is -2.29. The molecule has 0 radical (unpaired) electrons. The molecule has 0 spiro atoms. The van der Waals surface area contributed by atoms with Gasteiger partial charge in [-0.3, -0.25) is 4.79 Å². The molecule has 1 N–H and O–H groups in total. The zero-order chi connectivity index (χ0) is 21.2. The number of pyridine rings is 1. The first-order valence-electron chi connectivity index (χ1n) is 10.2. The lowest BCUT2D eigenvalue weighted by molar-refractivity contribution is 0.102. The first-order valence-corrected chi connectivity index (χ1v) is 11.0. The highest BCUT2D eigenvalue weighted by Gasteiger charge is 2.15. The average molecular weight is 431 g/mol. The molecule has 0 atom stereocenters. The number of rotatable bonds is 4. The molecule has 2 aromatic carbocycles. The van der Waals surface area contributed by atoms with Crippen LogP contribution in [0.25, 0.3) is 22.2 Å². The second kappa shape index (κ2) is 8.45. The second-order valence-corrected chi connectivity index (χ2v) is 8.32. The number of nitrogens with one attached hydrogen (secondary N) is 1. The maximum Gasteiger partial charge on any atom is 0.258 e. The van der Waals surface area contributed by atoms with Gasteiger partial charge >= 0.3 is 0 Å². The summed E-state index contributed by atoms with van der Waals surface area (Å²) in [6.07, 6.45) is 0. The molecule has 4 aromatic rings. The molecule has 156 valence electrons. The van der Waals surface area contributed by atoms with Crippen LogP contribution >= 0.6 is 11.5 Å². The summed E-state index contributed by atoms with van der Waals surface area (Å²) < 4.78 is 9.69. The number of aryl methyl sites for hydroxylation is 1. The fraction of sp³-hybridized carbons (Fsp3) is 0.208. The van der Waals surface area contributed by atoms with Gasteiger partial charge in [0.15, 0.2) is 0 Å². The Hall–Kier alpha value is -3.29. The number of aromatic nitrogens is 2. The van der Waals surface area contributed by atoms with E-state index in [1.165, 1.54) is 11.5 Å². The fourth-order valence-electron chi connectivity index (χ4n) is 3.78. The van der Waals surface area contributed by atoms with Gasteiger partial charge in [0.05, 0.1) is 35.7 Å². The Labute approximate surface area is 184 Å². The molecule has 1 aliphatic heterocycles. The Kier molecular flexibility index (Phi) is 5.36. The van der Waals surface area contributed by atoms with Gasteiger partial charge in [-0.2, -0.15) is 4.37 Å². The first-order chi connectivity index (χ1) is 15.2. The Morgan fingerprint density at radius 3 is 2.71 bits per heavy atom. The summed E-state index contributed by atoms with van der Waals surface area (Å²) in [6.45, 7) is 5.17. The standard InChI is InChI=1S/C24H22N4O2S/c1-16-14-22(31-27-16)26-24(29)20-7-3-4-17-8-9-21(25-23(17)20)18-5-2-6-19(15-18)28-10-12-30-13-11-28/h2-9,14-15H,10-13H2,1H3,(H,26,29). The van der Waals surface area contributed by atoms with Crippen LogP contribution in [0.4, 0.5) is 10.7 Å². The Bertz CT molecular complexity index is 1250. The van der Waals surface area contributed by atoms with Crippen LogP contribution in [0.5, 0.6) is 0 Å². The van der Waals surface area contributed by atoms with E-state index in [9.17, 15) is 4.79 Å². The van der Waals surface area contributed by atoms with Crippen molar-refractivity contribution in [2.45, 2.75) is 6.92 Å². The third kappa shape index (κ3) is 4.15. The largest absolute Gasteiger partial charge is 0.378 e. The molecule has 1 saturated heterocycles. The van der Waals surface area contributed by atoms with Crippen LogP contribution in [0, 0.1) is 6.92 Å². The molecule has 0 saturated carbocycles. The predicted molar refractivity (Wildman–Crippen MR) is 125 cm³/mol. The number of benzene rings is 2. The number of hydrogen-bond donors (Lipinski definition) is 1. The summed E-state index contributed by atoms with van der Waals surface area (Å²) in [5, 5.41) is 4.60. The van der Waals surface area contributed by atoms with Gasteiger partial charge in [0, 0.05) is 29.7 Å². The van der Waals surface area contributed by atoms with Crippen molar-refractivity contribution in [1.29, 1.82) is 0 Å². The number of carbonyl (C=O) groups is 1. The molecule has 31 heavy (non-hydrogen) atoms. The van der Waals surface area contributed by atoms with E-state index < -0.39 is 0 Å². The summed E-state index contributed by atoms with van der Waals surface area (Å²) >= 11 is 1.28. The molecular weight excluding hydrogens is 408 g/mol. The van der Waals surface area contributed by atoms with E-state index in [2.05, 4.69) is 38.9 Å². The van der Waals surface area contributed by atoms with Crippen molar-refractivity contribution in [3.05, 3.63) is 71.9 Å². The van der Waals surface area contributed by atoms with Crippen LogP contribution < -0.4 is 10.2 Å². The number of fused-ring (bicyclic) bond motifs is 1. The van der Waals surface area contributed by atoms with Gasteiger partial charge < -0.3 is 15.0 Å². The van der Waals surface area contributed by atoms with Crippen molar-refractivity contribution in [2.75, 3.05) is 36.5 Å². The highest BCUT2D eigenvalue weighted by Crippen LogP contribution is 2.27. The summed E-state index contributed by atoms with van der Waals surface area (Å²) in [5.41, 5.74) is 5.16. The smallest absolute Gasteiger partial charge is 0.258 e. The van der Waals surface area contributed by atoms with E-state index in [1.807, 2.05) is 43.3 Å². The van der Waals surface area contributed by atoms with Crippen molar-refractivity contribution < 1.29 is 9.53 Å². The Balaban J connectivity index is 1.49. The van der Waals surface area contributed by atoms with E-state index in [1.54, 1.807) is 0 Å². The minimum atomic E-state index is -0.180. The van der Waals surface area contributed by atoms with Gasteiger partial charge in [-0.05, 0) is 48.8 Å². The topological polar surface area (TPSA) is 67.4 Å². The van der Waals surface area contributed by atoms with Crippen LogP contribution in [0.1, 0.15) is 16.1 Å². The molecule has 0 unspecified atom stereocenters. The monoisotopic (exact) mass is 430 g/mol. The minimum absolute atomic E-state index is 0.180. The van der Waals surface area contributed by atoms with Crippen molar-refractivity contribution in [1.82, 2.24) is 9.36 Å². The number of para-hydroxylation sites is 1. The van der Waals surface area contributed by atoms with Crippen molar-refractivity contribution in [2.24, 2.45) is 0 Å². The summed E-state index contributed by atoms with van der Waals surface area (Å²) in [6, 6.07) is 19.9. The van der Waals surface area contributed by atoms with Crippen LogP contribution in [0.15, 0.2) is 60.7 Å². The molecule has 1 amide bonds. The predicted octanol–water partition coefficient (Wildman–Crippen LogP) is 4.76. The van der Waals surface area contributed by atoms with Gasteiger partial charge in [-0.1, -0.05) is 30.3 Å². The normalized spacial score (nSPS) is 14.0. The summed E-state index contributed by atoms with van der Waals surface area (Å²) in [7, 11) is 0. The van der Waals surface area contributed by atoms with Crippen molar-refractivity contribution in [3.63, 3.8) is 0 Å². The molecule has 1 aliphatic rings. The number of amides is 1. The molecule has 5 rings (SSSR count). The number of ether oxygens (including phenoxy) is 1. The number of anilines is 2. The third-order valence-electron chi connectivity index (χ3n) is 5.35. The van der Waals surface area contributed by atoms with Crippen LogP contribution in [0.2, 0.25) is 0 Å². The quantitative estimate of drug-likeness (QED) is 0.506.